The fourth-order valence-electron chi connectivity index (χ4n) is 1.24. The Kier molecular flexibility index (Phi) is 4.20. The van der Waals surface area contributed by atoms with E-state index in [0.717, 1.165) is 0 Å². The van der Waals surface area contributed by atoms with Crippen LogP contribution in [0, 0.1) is 0 Å². The van der Waals surface area contributed by atoms with E-state index >= 15 is 0 Å². The number of carbonyl (C=O) groups is 1. The normalized spacial score (nSPS) is 10.7. The van der Waals surface area contributed by atoms with Gasteiger partial charge in [0, 0.05) is 16.5 Å². The Hall–Kier alpha value is -0.970. The third-order valence-electron chi connectivity index (χ3n) is 1.95. The van der Waals surface area contributed by atoms with E-state index in [0.29, 0.717) is 10.0 Å². The number of hydrogen-bond acceptors (Lipinski definition) is 1. The Morgan fingerprint density at radius 1 is 1.47 bits per heavy atom. The molecule has 0 bridgehead atoms. The molecule has 0 saturated carbocycles. The highest BCUT2D eigenvalue weighted by Crippen LogP contribution is 2.27. The number of rotatable bonds is 4. The smallest absolute Gasteiger partial charge is 0.303 e. The molecule has 1 rings (SSSR count). The molecular formula is C10H9BrF2O2. The minimum absolute atomic E-state index is 0.106. The summed E-state index contributed by atoms with van der Waals surface area (Å²) >= 11 is 3.09. The molecule has 0 aliphatic heterocycles. The van der Waals surface area contributed by atoms with Crippen LogP contribution in [0.2, 0.25) is 0 Å². The Labute approximate surface area is 94.0 Å². The van der Waals surface area contributed by atoms with Gasteiger partial charge in [-0.2, -0.15) is 0 Å². The van der Waals surface area contributed by atoms with E-state index in [-0.39, 0.29) is 18.4 Å². The molecule has 1 aromatic rings. The molecule has 1 N–H and O–H groups in total. The molecule has 5 heteroatoms. The average molecular weight is 279 g/mol. The topological polar surface area (TPSA) is 37.3 Å². The molecular weight excluding hydrogens is 270 g/mol. The molecule has 0 aliphatic carbocycles. The maximum atomic E-state index is 12.6. The number of carboxylic acids is 1. The zero-order valence-corrected chi connectivity index (χ0v) is 9.30. The third-order valence-corrected chi connectivity index (χ3v) is 2.44. The standard InChI is InChI=1S/C10H9BrF2O2/c11-7-3-1-6(2-4-9(14)15)8(5-7)10(12)13/h1,3,5,10H,2,4H2,(H,14,15). The fourth-order valence-corrected chi connectivity index (χ4v) is 1.62. The molecule has 1 aromatic carbocycles. The molecule has 2 nitrogen and oxygen atoms in total. The number of carboxylic acid groups (broad SMARTS) is 1. The molecule has 0 unspecified atom stereocenters. The first-order chi connectivity index (χ1) is 7.00. The number of aliphatic carboxylic acids is 1. The predicted molar refractivity (Wildman–Crippen MR) is 55.1 cm³/mol. The van der Waals surface area contributed by atoms with Crippen molar-refractivity contribution in [3.05, 3.63) is 33.8 Å². The van der Waals surface area contributed by atoms with E-state index in [1.807, 2.05) is 0 Å². The number of alkyl halides is 2. The summed E-state index contributed by atoms with van der Waals surface area (Å²) in [6.45, 7) is 0. The second kappa shape index (κ2) is 5.21. The first-order valence-electron chi connectivity index (χ1n) is 4.29. The minimum Gasteiger partial charge on any atom is -0.481 e. The maximum Gasteiger partial charge on any atom is 0.303 e. The van der Waals surface area contributed by atoms with Crippen LogP contribution in [-0.2, 0) is 11.2 Å². The molecule has 0 atom stereocenters. The fraction of sp³-hybridized carbons (Fsp3) is 0.300. The van der Waals surface area contributed by atoms with Crippen LogP contribution in [0.4, 0.5) is 8.78 Å². The lowest BCUT2D eigenvalue weighted by atomic mass is 10.0. The Bertz CT molecular complexity index is 366. The molecule has 0 spiro atoms. The molecule has 82 valence electrons. The van der Waals surface area contributed by atoms with Crippen molar-refractivity contribution in [2.24, 2.45) is 0 Å². The number of aryl methyl sites for hydroxylation is 1. The summed E-state index contributed by atoms with van der Waals surface area (Å²) in [6, 6.07) is 4.47. The monoisotopic (exact) mass is 278 g/mol. The predicted octanol–water partition coefficient (Wildman–Crippen LogP) is 3.40. The van der Waals surface area contributed by atoms with Crippen molar-refractivity contribution in [3.8, 4) is 0 Å². The summed E-state index contributed by atoms with van der Waals surface area (Å²) in [5.41, 5.74) is 0.279. The van der Waals surface area contributed by atoms with Crippen LogP contribution in [0.25, 0.3) is 0 Å². The highest BCUT2D eigenvalue weighted by atomic mass is 79.9. The Morgan fingerprint density at radius 2 is 2.13 bits per heavy atom. The van der Waals surface area contributed by atoms with E-state index in [1.54, 1.807) is 6.07 Å². The molecule has 0 amide bonds. The van der Waals surface area contributed by atoms with E-state index in [1.165, 1.54) is 12.1 Å². The SMILES string of the molecule is O=C(O)CCc1ccc(Br)cc1C(F)F. The lowest BCUT2D eigenvalue weighted by Gasteiger charge is -2.08. The van der Waals surface area contributed by atoms with E-state index in [4.69, 9.17) is 5.11 Å². The van der Waals surface area contributed by atoms with Crippen molar-refractivity contribution in [2.75, 3.05) is 0 Å². The first-order valence-corrected chi connectivity index (χ1v) is 5.08. The maximum absolute atomic E-state index is 12.6. The van der Waals surface area contributed by atoms with Crippen molar-refractivity contribution in [1.29, 1.82) is 0 Å². The molecule has 0 fully saturated rings. The van der Waals surface area contributed by atoms with Gasteiger partial charge in [-0.25, -0.2) is 8.78 Å². The number of benzene rings is 1. The van der Waals surface area contributed by atoms with Gasteiger partial charge in [-0.15, -0.1) is 0 Å². The van der Waals surface area contributed by atoms with Crippen LogP contribution in [0.15, 0.2) is 22.7 Å². The first kappa shape index (κ1) is 12.1. The second-order valence-corrected chi connectivity index (χ2v) is 3.95. The van der Waals surface area contributed by atoms with Crippen molar-refractivity contribution in [1.82, 2.24) is 0 Å². The van der Waals surface area contributed by atoms with Crippen molar-refractivity contribution in [2.45, 2.75) is 19.3 Å². The molecule has 15 heavy (non-hydrogen) atoms. The zero-order chi connectivity index (χ0) is 11.4. The van der Waals surface area contributed by atoms with Gasteiger partial charge < -0.3 is 5.11 Å². The Morgan fingerprint density at radius 3 is 2.67 bits per heavy atom. The van der Waals surface area contributed by atoms with E-state index in [2.05, 4.69) is 15.9 Å². The lowest BCUT2D eigenvalue weighted by molar-refractivity contribution is -0.136. The zero-order valence-electron chi connectivity index (χ0n) is 7.71. The third kappa shape index (κ3) is 3.58. The van der Waals surface area contributed by atoms with Gasteiger partial charge >= 0.3 is 5.97 Å². The van der Waals surface area contributed by atoms with Crippen LogP contribution in [-0.4, -0.2) is 11.1 Å². The van der Waals surface area contributed by atoms with Gasteiger partial charge in [0.2, 0.25) is 0 Å². The molecule has 0 saturated heterocycles. The quantitative estimate of drug-likeness (QED) is 0.917. The number of hydrogen-bond donors (Lipinski definition) is 1. The van der Waals surface area contributed by atoms with Crippen molar-refractivity contribution >= 4 is 21.9 Å². The molecule has 0 aliphatic rings. The molecule has 0 radical (unpaired) electrons. The highest BCUT2D eigenvalue weighted by molar-refractivity contribution is 9.10. The summed E-state index contributed by atoms with van der Waals surface area (Å²) in [7, 11) is 0. The van der Waals surface area contributed by atoms with Crippen LogP contribution >= 0.6 is 15.9 Å². The largest absolute Gasteiger partial charge is 0.481 e. The van der Waals surface area contributed by atoms with Crippen LogP contribution in [0.1, 0.15) is 24.0 Å². The van der Waals surface area contributed by atoms with Crippen LogP contribution < -0.4 is 0 Å². The van der Waals surface area contributed by atoms with Gasteiger partial charge in [-0.3, -0.25) is 4.79 Å². The second-order valence-electron chi connectivity index (χ2n) is 3.04. The highest BCUT2D eigenvalue weighted by Gasteiger charge is 2.13. The lowest BCUT2D eigenvalue weighted by Crippen LogP contribution is -2.01. The number of halogens is 3. The van der Waals surface area contributed by atoms with Crippen LogP contribution in [0.3, 0.4) is 0 Å². The van der Waals surface area contributed by atoms with Gasteiger partial charge in [0.1, 0.15) is 0 Å². The molecule has 0 aromatic heterocycles. The average Bonchev–Trinajstić information content (AvgIpc) is 2.15. The summed E-state index contributed by atoms with van der Waals surface area (Å²) < 4.78 is 25.7. The van der Waals surface area contributed by atoms with Gasteiger partial charge in [-0.1, -0.05) is 22.0 Å². The van der Waals surface area contributed by atoms with Gasteiger partial charge in [0.25, 0.3) is 6.43 Å². The van der Waals surface area contributed by atoms with Gasteiger partial charge in [0.05, 0.1) is 0 Å². The van der Waals surface area contributed by atoms with Gasteiger partial charge in [0.15, 0.2) is 0 Å². The summed E-state index contributed by atoms with van der Waals surface area (Å²) in [5, 5.41) is 8.46. The summed E-state index contributed by atoms with van der Waals surface area (Å²) in [6.07, 6.45) is -2.59. The van der Waals surface area contributed by atoms with E-state index < -0.39 is 12.4 Å². The summed E-state index contributed by atoms with van der Waals surface area (Å²) in [5.74, 6) is -0.988. The van der Waals surface area contributed by atoms with E-state index in [9.17, 15) is 13.6 Å². The van der Waals surface area contributed by atoms with Gasteiger partial charge in [-0.05, 0) is 24.1 Å². The summed E-state index contributed by atoms with van der Waals surface area (Å²) in [4.78, 5) is 10.3. The minimum atomic E-state index is -2.58. The van der Waals surface area contributed by atoms with Crippen molar-refractivity contribution < 1.29 is 18.7 Å². The Balaban J connectivity index is 2.90. The van der Waals surface area contributed by atoms with Crippen molar-refractivity contribution in [3.63, 3.8) is 0 Å². The van der Waals surface area contributed by atoms with Crippen LogP contribution in [0.5, 0.6) is 0 Å². The molecule has 0 heterocycles.